The Bertz CT molecular complexity index is 443. The number of carboxylic acid groups (broad SMARTS) is 1. The van der Waals surface area contributed by atoms with Gasteiger partial charge in [0.05, 0.1) is 13.2 Å². The van der Waals surface area contributed by atoms with Gasteiger partial charge in [0.2, 0.25) is 0 Å². The smallest absolute Gasteiger partial charge is 0.335 e. The van der Waals surface area contributed by atoms with Crippen LogP contribution in [0, 0.1) is 0 Å². The van der Waals surface area contributed by atoms with Crippen LogP contribution in [0.5, 0.6) is 0 Å². The van der Waals surface area contributed by atoms with Crippen molar-refractivity contribution in [1.29, 1.82) is 0 Å². The van der Waals surface area contributed by atoms with Gasteiger partial charge in [-0.1, -0.05) is 0 Å². The van der Waals surface area contributed by atoms with E-state index in [2.05, 4.69) is 0 Å². The van der Waals surface area contributed by atoms with Crippen LogP contribution in [0.2, 0.25) is 0 Å². The molecule has 2 saturated heterocycles. The average molecular weight is 340 g/mol. The van der Waals surface area contributed by atoms with E-state index < -0.39 is 73.6 Å². The van der Waals surface area contributed by atoms with Crippen molar-refractivity contribution >= 4 is 5.97 Å². The zero-order valence-corrected chi connectivity index (χ0v) is 11.8. The van der Waals surface area contributed by atoms with Crippen molar-refractivity contribution in [3.63, 3.8) is 0 Å². The van der Waals surface area contributed by atoms with Gasteiger partial charge in [-0.3, -0.25) is 0 Å². The predicted octanol–water partition coefficient (Wildman–Crippen LogP) is -5.23. The van der Waals surface area contributed by atoms with Crippen molar-refractivity contribution in [2.75, 3.05) is 13.2 Å². The van der Waals surface area contributed by atoms with Gasteiger partial charge in [-0.25, -0.2) is 4.79 Å². The number of rotatable bonds is 4. The van der Waals surface area contributed by atoms with Crippen LogP contribution >= 0.6 is 0 Å². The number of carboxylic acids is 1. The van der Waals surface area contributed by atoms with Gasteiger partial charge >= 0.3 is 5.97 Å². The van der Waals surface area contributed by atoms with Gasteiger partial charge in [0.1, 0.15) is 48.3 Å². The molecule has 134 valence electrons. The number of hydrogen-bond acceptors (Lipinski definition) is 10. The Morgan fingerprint density at radius 2 is 1.57 bits per heavy atom. The summed E-state index contributed by atoms with van der Waals surface area (Å²) in [5, 5.41) is 77.2. The zero-order chi connectivity index (χ0) is 17.5. The summed E-state index contributed by atoms with van der Waals surface area (Å²) in [5.74, 6) is -1.61. The lowest BCUT2D eigenvalue weighted by molar-refractivity contribution is -0.290. The predicted molar refractivity (Wildman–Crippen MR) is 68.1 cm³/mol. The minimum atomic E-state index is -2.27. The summed E-state index contributed by atoms with van der Waals surface area (Å²) in [6.45, 7) is -1.82. The second-order valence-corrected chi connectivity index (χ2v) is 5.67. The number of aliphatic carboxylic acids is 1. The first-order valence-corrected chi connectivity index (χ1v) is 6.89. The Labute approximate surface area is 129 Å². The van der Waals surface area contributed by atoms with Crippen LogP contribution in [0.4, 0.5) is 0 Å². The number of aliphatic hydroxyl groups is 7. The van der Waals surface area contributed by atoms with Crippen LogP contribution in [0.15, 0.2) is 0 Å². The largest absolute Gasteiger partial charge is 0.479 e. The van der Waals surface area contributed by atoms with Crippen LogP contribution in [0.1, 0.15) is 0 Å². The van der Waals surface area contributed by atoms with Crippen molar-refractivity contribution in [2.45, 2.75) is 54.4 Å². The van der Waals surface area contributed by atoms with E-state index in [1.54, 1.807) is 0 Å². The average Bonchev–Trinajstić information content (AvgIpc) is 2.79. The third-order valence-electron chi connectivity index (χ3n) is 4.35. The summed E-state index contributed by atoms with van der Waals surface area (Å²) < 4.78 is 10.3. The molecule has 9 atom stereocenters. The summed E-state index contributed by atoms with van der Waals surface area (Å²) in [5.41, 5.74) is -2.27. The first-order valence-electron chi connectivity index (χ1n) is 6.89. The molecule has 23 heavy (non-hydrogen) atoms. The highest BCUT2D eigenvalue weighted by Gasteiger charge is 2.64. The minimum absolute atomic E-state index is 0.760. The minimum Gasteiger partial charge on any atom is -0.479 e. The summed E-state index contributed by atoms with van der Waals surface area (Å²) in [7, 11) is 0. The Hall–Kier alpha value is -0.890. The Kier molecular flexibility index (Phi) is 5.25. The van der Waals surface area contributed by atoms with E-state index in [4.69, 9.17) is 19.7 Å². The Balaban J connectivity index is 2.37. The molecule has 0 amide bonds. The summed E-state index contributed by atoms with van der Waals surface area (Å²) in [4.78, 5) is 11.1. The van der Waals surface area contributed by atoms with Crippen molar-refractivity contribution < 1.29 is 55.1 Å². The molecular formula is C12H20O11. The SMILES string of the molecule is O=C(O)[C@H]1O[C@@](CO)([C@H]2O[C@H](CO)[C@@H](O)[C@H](O)[C@H]2O)[C@@H](O)[C@@H]1O. The fourth-order valence-electron chi connectivity index (χ4n) is 2.99. The molecule has 8 N–H and O–H groups in total. The van der Waals surface area contributed by atoms with E-state index in [9.17, 15) is 35.4 Å². The fourth-order valence-corrected chi connectivity index (χ4v) is 2.99. The highest BCUT2D eigenvalue weighted by molar-refractivity contribution is 5.74. The highest BCUT2D eigenvalue weighted by atomic mass is 16.6. The normalized spacial score (nSPS) is 50.9. The molecular weight excluding hydrogens is 320 g/mol. The van der Waals surface area contributed by atoms with Crippen molar-refractivity contribution in [1.82, 2.24) is 0 Å². The standard InChI is InChI=1S/C12H20O11/c13-1-3-4(15)5(16)6(17)10(22-3)12(2-14)9(19)7(18)8(23-12)11(20)21/h3-10,13-19H,1-2H2,(H,20,21)/t3-,4-,5+,6-,7-,8+,9+,10+,12-/m1/s1. The van der Waals surface area contributed by atoms with Crippen LogP contribution in [-0.4, -0.2) is 114 Å². The quantitative estimate of drug-likeness (QED) is 0.243. The van der Waals surface area contributed by atoms with Crippen LogP contribution in [0.3, 0.4) is 0 Å². The maximum absolute atomic E-state index is 11.1. The number of hydrogen-bond donors (Lipinski definition) is 8. The topological polar surface area (TPSA) is 197 Å². The van der Waals surface area contributed by atoms with E-state index in [-0.39, 0.29) is 0 Å². The molecule has 0 saturated carbocycles. The molecule has 2 rings (SSSR count). The number of aliphatic hydroxyl groups excluding tert-OH is 7. The van der Waals surface area contributed by atoms with Crippen molar-refractivity contribution in [3.8, 4) is 0 Å². The maximum atomic E-state index is 11.1. The van der Waals surface area contributed by atoms with Gasteiger partial charge in [0.25, 0.3) is 0 Å². The van der Waals surface area contributed by atoms with E-state index in [1.165, 1.54) is 0 Å². The molecule has 2 fully saturated rings. The molecule has 0 spiro atoms. The lowest BCUT2D eigenvalue weighted by Gasteiger charge is -2.47. The Morgan fingerprint density at radius 3 is 2.00 bits per heavy atom. The molecule has 0 aromatic heterocycles. The summed E-state index contributed by atoms with van der Waals surface area (Å²) in [6.07, 6.45) is -14.2. The summed E-state index contributed by atoms with van der Waals surface area (Å²) in [6, 6.07) is 0. The third-order valence-corrected chi connectivity index (χ3v) is 4.35. The maximum Gasteiger partial charge on any atom is 0.335 e. The molecule has 2 aliphatic heterocycles. The van der Waals surface area contributed by atoms with Crippen LogP contribution < -0.4 is 0 Å². The van der Waals surface area contributed by atoms with Gasteiger partial charge < -0.3 is 50.3 Å². The molecule has 0 aromatic rings. The number of ether oxygens (including phenoxy) is 2. The molecule has 0 bridgehead atoms. The van der Waals surface area contributed by atoms with E-state index in [1.807, 2.05) is 0 Å². The summed E-state index contributed by atoms with van der Waals surface area (Å²) >= 11 is 0. The first-order chi connectivity index (χ1) is 10.7. The van der Waals surface area contributed by atoms with Gasteiger partial charge in [0.15, 0.2) is 6.10 Å². The second kappa shape index (κ2) is 6.55. The lowest BCUT2D eigenvalue weighted by Crippen LogP contribution is -2.69. The zero-order valence-electron chi connectivity index (χ0n) is 11.8. The van der Waals surface area contributed by atoms with E-state index >= 15 is 0 Å². The van der Waals surface area contributed by atoms with Crippen molar-refractivity contribution in [2.24, 2.45) is 0 Å². The van der Waals surface area contributed by atoms with Crippen molar-refractivity contribution in [3.05, 3.63) is 0 Å². The molecule has 2 heterocycles. The third kappa shape index (κ3) is 2.73. The van der Waals surface area contributed by atoms with E-state index in [0.29, 0.717) is 0 Å². The molecule has 11 heteroatoms. The van der Waals surface area contributed by atoms with Crippen LogP contribution in [-0.2, 0) is 14.3 Å². The molecule has 0 radical (unpaired) electrons. The first kappa shape index (κ1) is 18.4. The van der Waals surface area contributed by atoms with E-state index in [0.717, 1.165) is 0 Å². The molecule has 2 aliphatic rings. The molecule has 0 aromatic carbocycles. The fraction of sp³-hybridized carbons (Fsp3) is 0.917. The monoisotopic (exact) mass is 340 g/mol. The van der Waals surface area contributed by atoms with Gasteiger partial charge in [0, 0.05) is 0 Å². The highest BCUT2D eigenvalue weighted by Crippen LogP contribution is 2.40. The molecule has 0 unspecified atom stereocenters. The molecule has 11 nitrogen and oxygen atoms in total. The van der Waals surface area contributed by atoms with Crippen LogP contribution in [0.25, 0.3) is 0 Å². The lowest BCUT2D eigenvalue weighted by atomic mass is 9.81. The second-order valence-electron chi connectivity index (χ2n) is 5.67. The van der Waals surface area contributed by atoms with Gasteiger partial charge in [-0.15, -0.1) is 0 Å². The van der Waals surface area contributed by atoms with Gasteiger partial charge in [-0.05, 0) is 0 Å². The Morgan fingerprint density at radius 1 is 0.957 bits per heavy atom. The molecule has 0 aliphatic carbocycles. The van der Waals surface area contributed by atoms with Gasteiger partial charge in [-0.2, -0.15) is 0 Å². The number of carbonyl (C=O) groups is 1.